The first-order valence-electron chi connectivity index (χ1n) is 9.17. The number of rotatable bonds is 5. The van der Waals surface area contributed by atoms with Crippen molar-refractivity contribution in [2.24, 2.45) is 0 Å². The first-order valence-corrected chi connectivity index (χ1v) is 9.55. The number of carbonyl (C=O) groups is 2. The number of ether oxygens (including phenoxy) is 1. The van der Waals surface area contributed by atoms with Gasteiger partial charge in [0.2, 0.25) is 11.9 Å². The van der Waals surface area contributed by atoms with Gasteiger partial charge < -0.3 is 4.74 Å². The Labute approximate surface area is 177 Å². The third-order valence-corrected chi connectivity index (χ3v) is 4.85. The van der Waals surface area contributed by atoms with Crippen molar-refractivity contribution in [3.8, 4) is 5.75 Å². The van der Waals surface area contributed by atoms with Crippen LogP contribution in [0.4, 0.5) is 11.9 Å². The first kappa shape index (κ1) is 19.7. The van der Waals surface area contributed by atoms with Gasteiger partial charge in [-0.3, -0.25) is 20.2 Å². The number of nitrogens with one attached hydrogen (secondary N) is 2. The number of hydrogen-bond donors (Lipinski definition) is 2. The molecule has 152 valence electrons. The number of fused-ring (bicyclic) bond motifs is 1. The molecule has 0 radical (unpaired) electrons. The lowest BCUT2D eigenvalue weighted by Crippen LogP contribution is -2.29. The Kier molecular flexibility index (Phi) is 5.49. The van der Waals surface area contributed by atoms with Crippen molar-refractivity contribution in [3.05, 3.63) is 70.8 Å². The SMILES string of the molecule is COc1ccccc1C=CC(=O)Nc1nc2n(n1)C(c1ccc(Cl)cc1)CC(=O)N2. The van der Waals surface area contributed by atoms with Crippen LogP contribution in [0.5, 0.6) is 5.75 Å². The molecule has 2 heterocycles. The van der Waals surface area contributed by atoms with Gasteiger partial charge in [0, 0.05) is 16.7 Å². The third kappa shape index (κ3) is 4.18. The van der Waals surface area contributed by atoms with E-state index in [1.807, 2.05) is 36.4 Å². The number of para-hydroxylation sites is 1. The molecule has 8 nitrogen and oxygen atoms in total. The average Bonchev–Trinajstić information content (AvgIpc) is 3.14. The highest BCUT2D eigenvalue weighted by Gasteiger charge is 2.29. The maximum atomic E-state index is 12.3. The van der Waals surface area contributed by atoms with Crippen molar-refractivity contribution in [1.82, 2.24) is 14.8 Å². The topological polar surface area (TPSA) is 98.1 Å². The Morgan fingerprint density at radius 1 is 1.27 bits per heavy atom. The smallest absolute Gasteiger partial charge is 0.250 e. The number of carbonyl (C=O) groups excluding carboxylic acids is 2. The van der Waals surface area contributed by atoms with Gasteiger partial charge in [-0.2, -0.15) is 4.98 Å². The quantitative estimate of drug-likeness (QED) is 0.612. The molecule has 1 aromatic heterocycles. The number of anilines is 2. The van der Waals surface area contributed by atoms with E-state index >= 15 is 0 Å². The van der Waals surface area contributed by atoms with Gasteiger partial charge in [-0.05, 0) is 29.8 Å². The molecule has 0 spiro atoms. The summed E-state index contributed by atoms with van der Waals surface area (Å²) in [4.78, 5) is 28.6. The van der Waals surface area contributed by atoms with E-state index in [1.54, 1.807) is 30.0 Å². The minimum atomic E-state index is -0.404. The standard InChI is InChI=1S/C21H18ClN5O3/c1-30-17-5-3-2-4-14(17)8-11-18(28)23-20-25-21-24-19(29)12-16(27(21)26-20)13-6-9-15(22)10-7-13/h2-11,16H,12H2,1H3,(H2,23,24,25,26,28,29). The highest BCUT2D eigenvalue weighted by molar-refractivity contribution is 6.30. The van der Waals surface area contributed by atoms with Gasteiger partial charge in [0.05, 0.1) is 19.6 Å². The molecular formula is C21H18ClN5O3. The van der Waals surface area contributed by atoms with Gasteiger partial charge in [0.25, 0.3) is 11.9 Å². The molecule has 30 heavy (non-hydrogen) atoms. The van der Waals surface area contributed by atoms with E-state index < -0.39 is 5.91 Å². The van der Waals surface area contributed by atoms with Crippen LogP contribution >= 0.6 is 11.6 Å². The highest BCUT2D eigenvalue weighted by Crippen LogP contribution is 2.30. The second-order valence-corrected chi connectivity index (χ2v) is 7.02. The van der Waals surface area contributed by atoms with Crippen molar-refractivity contribution < 1.29 is 14.3 Å². The summed E-state index contributed by atoms with van der Waals surface area (Å²) in [5.74, 6) is 0.448. The van der Waals surface area contributed by atoms with Crippen molar-refractivity contribution in [2.75, 3.05) is 17.7 Å². The minimum Gasteiger partial charge on any atom is -0.496 e. The number of nitrogens with zero attached hydrogens (tertiary/aromatic N) is 3. The van der Waals surface area contributed by atoms with Gasteiger partial charge in [-0.15, -0.1) is 5.10 Å². The fourth-order valence-electron chi connectivity index (χ4n) is 3.18. The molecule has 0 aliphatic carbocycles. The average molecular weight is 424 g/mol. The van der Waals surface area contributed by atoms with E-state index in [4.69, 9.17) is 16.3 Å². The minimum absolute atomic E-state index is 0.0980. The number of amides is 2. The molecule has 1 atom stereocenters. The molecular weight excluding hydrogens is 406 g/mol. The second kappa shape index (κ2) is 8.38. The van der Waals surface area contributed by atoms with E-state index in [0.717, 1.165) is 11.1 Å². The van der Waals surface area contributed by atoms with E-state index in [-0.39, 0.29) is 30.3 Å². The number of halogens is 1. The summed E-state index contributed by atoms with van der Waals surface area (Å²) in [5, 5.41) is 10.3. The molecule has 2 amide bonds. The van der Waals surface area contributed by atoms with Gasteiger partial charge in [-0.25, -0.2) is 4.68 Å². The molecule has 3 aromatic rings. The van der Waals surface area contributed by atoms with Crippen LogP contribution in [0.25, 0.3) is 6.08 Å². The first-order chi connectivity index (χ1) is 14.5. The van der Waals surface area contributed by atoms with Gasteiger partial charge >= 0.3 is 0 Å². The molecule has 1 aliphatic rings. The largest absolute Gasteiger partial charge is 0.496 e. The Bertz CT molecular complexity index is 1120. The maximum absolute atomic E-state index is 12.3. The van der Waals surface area contributed by atoms with Crippen molar-refractivity contribution in [1.29, 1.82) is 0 Å². The zero-order valence-electron chi connectivity index (χ0n) is 16.0. The van der Waals surface area contributed by atoms with Gasteiger partial charge in [-0.1, -0.05) is 41.9 Å². The summed E-state index contributed by atoms with van der Waals surface area (Å²) < 4.78 is 6.85. The number of hydrogen-bond acceptors (Lipinski definition) is 5. The lowest BCUT2D eigenvalue weighted by atomic mass is 10.0. The van der Waals surface area contributed by atoms with Crippen LogP contribution in [0.2, 0.25) is 5.02 Å². The normalized spacial score (nSPS) is 15.5. The number of methoxy groups -OCH3 is 1. The summed E-state index contributed by atoms with van der Waals surface area (Å²) in [7, 11) is 1.57. The van der Waals surface area contributed by atoms with Crippen LogP contribution in [0.3, 0.4) is 0 Å². The summed E-state index contributed by atoms with van der Waals surface area (Å²) in [5.41, 5.74) is 1.64. The van der Waals surface area contributed by atoms with Gasteiger partial charge in [0.15, 0.2) is 0 Å². The Morgan fingerprint density at radius 3 is 2.80 bits per heavy atom. The molecule has 9 heteroatoms. The van der Waals surface area contributed by atoms with E-state index in [9.17, 15) is 9.59 Å². The summed E-state index contributed by atoms with van der Waals surface area (Å²) in [6.07, 6.45) is 3.22. The maximum Gasteiger partial charge on any atom is 0.250 e. The molecule has 0 saturated carbocycles. The molecule has 1 unspecified atom stereocenters. The number of aromatic nitrogens is 3. The molecule has 1 aliphatic heterocycles. The van der Waals surface area contributed by atoms with Crippen LogP contribution in [-0.2, 0) is 9.59 Å². The van der Waals surface area contributed by atoms with E-state index in [1.165, 1.54) is 6.08 Å². The predicted molar refractivity (Wildman–Crippen MR) is 114 cm³/mol. The van der Waals surface area contributed by atoms with Crippen LogP contribution in [0.1, 0.15) is 23.6 Å². The lowest BCUT2D eigenvalue weighted by molar-refractivity contribution is -0.117. The molecule has 4 rings (SSSR count). The fourth-order valence-corrected chi connectivity index (χ4v) is 3.31. The van der Waals surface area contributed by atoms with Crippen LogP contribution < -0.4 is 15.4 Å². The second-order valence-electron chi connectivity index (χ2n) is 6.59. The Hall–Kier alpha value is -3.65. The Morgan fingerprint density at radius 2 is 2.03 bits per heavy atom. The summed E-state index contributed by atoms with van der Waals surface area (Å²) >= 11 is 5.96. The van der Waals surface area contributed by atoms with Crippen LogP contribution in [0, 0.1) is 0 Å². The zero-order chi connectivity index (χ0) is 21.1. The fraction of sp³-hybridized carbons (Fsp3) is 0.143. The molecule has 2 aromatic carbocycles. The molecule has 0 saturated heterocycles. The monoisotopic (exact) mass is 423 g/mol. The third-order valence-electron chi connectivity index (χ3n) is 4.60. The summed E-state index contributed by atoms with van der Waals surface area (Å²) in [6, 6.07) is 14.2. The highest BCUT2D eigenvalue weighted by atomic mass is 35.5. The lowest BCUT2D eigenvalue weighted by Gasteiger charge is -2.23. The van der Waals surface area contributed by atoms with Gasteiger partial charge in [0.1, 0.15) is 5.75 Å². The van der Waals surface area contributed by atoms with Crippen molar-refractivity contribution in [3.63, 3.8) is 0 Å². The molecule has 0 fully saturated rings. The van der Waals surface area contributed by atoms with Crippen molar-refractivity contribution >= 4 is 41.4 Å². The Balaban J connectivity index is 1.53. The number of benzene rings is 2. The van der Waals surface area contributed by atoms with E-state index in [0.29, 0.717) is 10.8 Å². The van der Waals surface area contributed by atoms with Crippen molar-refractivity contribution in [2.45, 2.75) is 12.5 Å². The zero-order valence-corrected chi connectivity index (χ0v) is 16.8. The van der Waals surface area contributed by atoms with Crippen LogP contribution in [0.15, 0.2) is 54.6 Å². The predicted octanol–water partition coefficient (Wildman–Crippen LogP) is 3.52. The molecule has 0 bridgehead atoms. The van der Waals surface area contributed by atoms with E-state index in [2.05, 4.69) is 20.7 Å². The summed E-state index contributed by atoms with van der Waals surface area (Å²) in [6.45, 7) is 0. The van der Waals surface area contributed by atoms with Crippen LogP contribution in [-0.4, -0.2) is 33.7 Å². The molecule has 2 N–H and O–H groups in total.